The molecule has 1 atom stereocenters. The monoisotopic (exact) mass is 282 g/mol. The van der Waals surface area contributed by atoms with Gasteiger partial charge in [0.15, 0.2) is 0 Å². The van der Waals surface area contributed by atoms with Crippen LogP contribution in [0.25, 0.3) is 10.2 Å². The molecule has 2 aromatic rings. The molecule has 0 fully saturated rings. The van der Waals surface area contributed by atoms with E-state index in [-0.39, 0.29) is 18.4 Å². The molecule has 0 saturated heterocycles. The average Bonchev–Trinajstić information content (AvgIpc) is 2.86. The lowest BCUT2D eigenvalue weighted by Gasteiger charge is -2.08. The van der Waals surface area contributed by atoms with E-state index in [4.69, 9.17) is 10.8 Å². The Kier molecular flexibility index (Phi) is 3.77. The molecule has 7 heteroatoms. The van der Waals surface area contributed by atoms with E-state index in [0.717, 1.165) is 15.9 Å². The molecule has 0 saturated carbocycles. The van der Waals surface area contributed by atoms with E-state index in [9.17, 15) is 4.79 Å². The molecule has 6 nitrogen and oxygen atoms in total. The van der Waals surface area contributed by atoms with Gasteiger partial charge >= 0.3 is 0 Å². The molecular formula is C12H18N4O2S. The largest absolute Gasteiger partial charge is 0.397 e. The van der Waals surface area contributed by atoms with Gasteiger partial charge in [-0.3, -0.25) is 9.48 Å². The Morgan fingerprint density at radius 2 is 2.32 bits per heavy atom. The normalized spacial score (nSPS) is 12.8. The van der Waals surface area contributed by atoms with Crippen molar-refractivity contribution in [3.05, 3.63) is 10.6 Å². The fraction of sp³-hybridized carbons (Fsp3) is 0.500. The van der Waals surface area contributed by atoms with E-state index in [2.05, 4.69) is 10.4 Å². The van der Waals surface area contributed by atoms with Crippen molar-refractivity contribution in [2.75, 3.05) is 18.9 Å². The van der Waals surface area contributed by atoms with Gasteiger partial charge in [0.25, 0.3) is 5.91 Å². The molecule has 0 spiro atoms. The van der Waals surface area contributed by atoms with Crippen molar-refractivity contribution in [3.63, 3.8) is 0 Å². The van der Waals surface area contributed by atoms with Crippen LogP contribution in [0.3, 0.4) is 0 Å². The molecule has 4 N–H and O–H groups in total. The summed E-state index contributed by atoms with van der Waals surface area (Å²) in [6.45, 7) is 4.22. The van der Waals surface area contributed by atoms with Crippen molar-refractivity contribution in [2.45, 2.75) is 13.8 Å². The summed E-state index contributed by atoms with van der Waals surface area (Å²) in [5, 5.41) is 16.9. The third-order valence-electron chi connectivity index (χ3n) is 3.01. The highest BCUT2D eigenvalue weighted by Gasteiger charge is 2.20. The van der Waals surface area contributed by atoms with Crippen LogP contribution in [0, 0.1) is 12.8 Å². The van der Waals surface area contributed by atoms with Crippen molar-refractivity contribution in [3.8, 4) is 0 Å². The standard InChI is InChI=1S/C12H18N4O2S/c1-6(5-17)4-14-11(18)10-9(13)8-7(2)15-16(3)12(8)19-10/h6,17H,4-5,13H2,1-3H3,(H,14,18). The maximum atomic E-state index is 12.1. The highest BCUT2D eigenvalue weighted by atomic mass is 32.1. The first-order chi connectivity index (χ1) is 8.95. The molecule has 2 heterocycles. The first-order valence-electron chi connectivity index (χ1n) is 6.06. The number of hydrogen-bond donors (Lipinski definition) is 3. The van der Waals surface area contributed by atoms with E-state index in [1.54, 1.807) is 4.68 Å². The minimum Gasteiger partial charge on any atom is -0.397 e. The van der Waals surface area contributed by atoms with E-state index in [0.29, 0.717) is 17.1 Å². The Bertz CT molecular complexity index is 617. The third-order valence-corrected chi connectivity index (χ3v) is 4.28. The lowest BCUT2D eigenvalue weighted by atomic mass is 10.2. The van der Waals surface area contributed by atoms with Gasteiger partial charge in [0.2, 0.25) is 0 Å². The Balaban J connectivity index is 2.28. The zero-order valence-electron chi connectivity index (χ0n) is 11.2. The summed E-state index contributed by atoms with van der Waals surface area (Å²) in [4.78, 5) is 13.5. The second-order valence-corrected chi connectivity index (χ2v) is 5.73. The van der Waals surface area contributed by atoms with Crippen molar-refractivity contribution in [1.82, 2.24) is 15.1 Å². The summed E-state index contributed by atoms with van der Waals surface area (Å²) in [7, 11) is 1.83. The number of nitrogens with zero attached hydrogens (tertiary/aromatic N) is 2. The van der Waals surface area contributed by atoms with Crippen LogP contribution in [-0.2, 0) is 7.05 Å². The number of amides is 1. The van der Waals surface area contributed by atoms with Gasteiger partial charge in [-0.15, -0.1) is 11.3 Å². The van der Waals surface area contributed by atoms with Gasteiger partial charge in [-0.25, -0.2) is 0 Å². The number of aliphatic hydroxyl groups excluding tert-OH is 1. The Labute approximate surface area is 115 Å². The van der Waals surface area contributed by atoms with E-state index >= 15 is 0 Å². The van der Waals surface area contributed by atoms with Crippen LogP contribution in [0.1, 0.15) is 22.3 Å². The Morgan fingerprint density at radius 3 is 2.89 bits per heavy atom. The summed E-state index contributed by atoms with van der Waals surface area (Å²) in [6, 6.07) is 0. The molecule has 2 aromatic heterocycles. The highest BCUT2D eigenvalue weighted by Crippen LogP contribution is 2.35. The molecule has 0 radical (unpaired) electrons. The van der Waals surface area contributed by atoms with Crippen LogP contribution in [0.2, 0.25) is 0 Å². The molecule has 0 aliphatic rings. The maximum Gasteiger partial charge on any atom is 0.263 e. The number of rotatable bonds is 4. The van der Waals surface area contributed by atoms with Gasteiger partial charge in [0, 0.05) is 20.2 Å². The van der Waals surface area contributed by atoms with Crippen LogP contribution >= 0.6 is 11.3 Å². The average molecular weight is 282 g/mol. The molecule has 19 heavy (non-hydrogen) atoms. The summed E-state index contributed by atoms with van der Waals surface area (Å²) < 4.78 is 1.73. The summed E-state index contributed by atoms with van der Waals surface area (Å²) in [5.74, 6) is -0.165. The number of nitrogens with two attached hydrogens (primary N) is 1. The van der Waals surface area contributed by atoms with Crippen LogP contribution in [0.15, 0.2) is 0 Å². The SMILES string of the molecule is Cc1nn(C)c2sc(C(=O)NCC(C)CO)c(N)c12. The third kappa shape index (κ3) is 2.43. The number of carbonyl (C=O) groups excluding carboxylic acids is 1. The minimum atomic E-state index is -0.196. The van der Waals surface area contributed by atoms with Gasteiger partial charge in [0.1, 0.15) is 9.71 Å². The van der Waals surface area contributed by atoms with Crippen LogP contribution in [0.4, 0.5) is 5.69 Å². The number of thiophene rings is 1. The number of hydrogen-bond acceptors (Lipinski definition) is 5. The number of fused-ring (bicyclic) bond motifs is 1. The topological polar surface area (TPSA) is 93.2 Å². The van der Waals surface area contributed by atoms with Crippen LogP contribution in [-0.4, -0.2) is 33.9 Å². The lowest BCUT2D eigenvalue weighted by Crippen LogP contribution is -2.29. The van der Waals surface area contributed by atoms with Crippen LogP contribution in [0.5, 0.6) is 0 Å². The molecule has 0 aromatic carbocycles. The molecule has 1 unspecified atom stereocenters. The minimum absolute atomic E-state index is 0.0305. The highest BCUT2D eigenvalue weighted by molar-refractivity contribution is 7.21. The Hall–Kier alpha value is -1.60. The molecule has 0 aliphatic carbocycles. The van der Waals surface area contributed by atoms with Gasteiger partial charge in [-0.05, 0) is 12.8 Å². The van der Waals surface area contributed by atoms with Gasteiger partial charge in [-0.2, -0.15) is 5.10 Å². The fourth-order valence-corrected chi connectivity index (χ4v) is 3.01. The van der Waals surface area contributed by atoms with E-state index in [1.807, 2.05) is 20.9 Å². The number of aromatic nitrogens is 2. The summed E-state index contributed by atoms with van der Waals surface area (Å²) in [6.07, 6.45) is 0. The summed E-state index contributed by atoms with van der Waals surface area (Å²) >= 11 is 1.34. The lowest BCUT2D eigenvalue weighted by molar-refractivity contribution is 0.0947. The maximum absolute atomic E-state index is 12.1. The van der Waals surface area contributed by atoms with E-state index < -0.39 is 0 Å². The van der Waals surface area contributed by atoms with E-state index in [1.165, 1.54) is 11.3 Å². The second kappa shape index (κ2) is 5.18. The number of aryl methyl sites for hydroxylation is 2. The molecular weight excluding hydrogens is 264 g/mol. The number of aliphatic hydroxyl groups is 1. The smallest absolute Gasteiger partial charge is 0.263 e. The first-order valence-corrected chi connectivity index (χ1v) is 6.88. The molecule has 104 valence electrons. The predicted molar refractivity (Wildman–Crippen MR) is 76.3 cm³/mol. The number of anilines is 1. The Morgan fingerprint density at radius 1 is 1.63 bits per heavy atom. The van der Waals surface area contributed by atoms with Crippen molar-refractivity contribution < 1.29 is 9.90 Å². The second-order valence-electron chi connectivity index (χ2n) is 4.73. The van der Waals surface area contributed by atoms with Crippen molar-refractivity contribution in [1.29, 1.82) is 0 Å². The first kappa shape index (κ1) is 13.8. The molecule has 0 aliphatic heterocycles. The van der Waals surface area contributed by atoms with Gasteiger partial charge in [-0.1, -0.05) is 6.92 Å². The van der Waals surface area contributed by atoms with Gasteiger partial charge < -0.3 is 16.2 Å². The number of nitrogen functional groups attached to an aromatic ring is 1. The number of carbonyl (C=O) groups is 1. The zero-order valence-corrected chi connectivity index (χ0v) is 12.0. The quantitative estimate of drug-likeness (QED) is 0.776. The van der Waals surface area contributed by atoms with Crippen molar-refractivity contribution >= 4 is 33.1 Å². The molecule has 0 bridgehead atoms. The summed E-state index contributed by atoms with van der Waals surface area (Å²) in [5.41, 5.74) is 7.35. The molecule has 2 rings (SSSR count). The van der Waals surface area contributed by atoms with Crippen molar-refractivity contribution in [2.24, 2.45) is 13.0 Å². The van der Waals surface area contributed by atoms with Gasteiger partial charge in [0.05, 0.1) is 16.8 Å². The molecule has 1 amide bonds. The fourth-order valence-electron chi connectivity index (χ4n) is 1.91. The zero-order chi connectivity index (χ0) is 14.2. The number of nitrogens with one attached hydrogen (secondary N) is 1. The predicted octanol–water partition coefficient (Wildman–Crippen LogP) is 0.884. The van der Waals surface area contributed by atoms with Crippen LogP contribution < -0.4 is 11.1 Å².